The lowest BCUT2D eigenvalue weighted by Crippen LogP contribution is -2.42. The molecule has 5 aromatic rings. The van der Waals surface area contributed by atoms with Crippen LogP contribution in [0.2, 0.25) is 0 Å². The van der Waals surface area contributed by atoms with E-state index in [9.17, 15) is 4.79 Å². The van der Waals surface area contributed by atoms with Crippen LogP contribution in [0.25, 0.3) is 22.4 Å². The van der Waals surface area contributed by atoms with Gasteiger partial charge in [-0.1, -0.05) is 18.2 Å². The Morgan fingerprint density at radius 2 is 1.74 bits per heavy atom. The first-order valence-corrected chi connectivity index (χ1v) is 15.3. The van der Waals surface area contributed by atoms with Crippen LogP contribution in [0.5, 0.6) is 11.8 Å². The lowest BCUT2D eigenvalue weighted by atomic mass is 10.0. The zero-order chi connectivity index (χ0) is 33.1. The number of anilines is 3. The zero-order valence-electron chi connectivity index (χ0n) is 26.6. The number of hydrogen-bond donors (Lipinski definition) is 2. The van der Waals surface area contributed by atoms with Crippen molar-refractivity contribution in [2.45, 2.75) is 52.2 Å². The SMILES string of the molecule is Cc1ccnc(Oc2ccc(-c3cnc(Nc4cnn(C5CCN(C(=O)OC(C)(C)C)CC5)c4)nc3-c3ccc(N)cc3)cc2F)n1. The summed E-state index contributed by atoms with van der Waals surface area (Å²) in [6.45, 7) is 8.57. The summed E-state index contributed by atoms with van der Waals surface area (Å²) < 4.78 is 28.3. The Morgan fingerprint density at radius 1 is 1.00 bits per heavy atom. The number of benzene rings is 2. The number of carbonyl (C=O) groups excluding carboxylic acids is 1. The number of aryl methyl sites for hydroxylation is 1. The number of hydrogen-bond acceptors (Lipinski definition) is 10. The number of nitrogens with two attached hydrogens (primary N) is 1. The van der Waals surface area contributed by atoms with E-state index in [0.717, 1.165) is 18.4 Å². The first kappa shape index (κ1) is 31.4. The van der Waals surface area contributed by atoms with Gasteiger partial charge in [0.1, 0.15) is 5.60 Å². The van der Waals surface area contributed by atoms with Gasteiger partial charge in [-0.3, -0.25) is 4.68 Å². The molecule has 0 unspecified atom stereocenters. The largest absolute Gasteiger partial charge is 0.444 e. The van der Waals surface area contributed by atoms with Crippen molar-refractivity contribution in [3.63, 3.8) is 0 Å². The first-order chi connectivity index (χ1) is 22.5. The Bertz CT molecular complexity index is 1880. The number of rotatable bonds is 7. The van der Waals surface area contributed by atoms with Crippen molar-refractivity contribution < 1.29 is 18.7 Å². The molecular formula is C34H36FN9O3. The highest BCUT2D eigenvalue weighted by molar-refractivity contribution is 5.82. The fourth-order valence-electron chi connectivity index (χ4n) is 5.21. The molecule has 1 fully saturated rings. The van der Waals surface area contributed by atoms with E-state index in [1.54, 1.807) is 54.7 Å². The maximum atomic E-state index is 15.3. The molecular weight excluding hydrogens is 601 g/mol. The van der Waals surface area contributed by atoms with Gasteiger partial charge in [0.2, 0.25) is 5.95 Å². The third-order valence-electron chi connectivity index (χ3n) is 7.54. The van der Waals surface area contributed by atoms with Crippen molar-refractivity contribution in [1.82, 2.24) is 34.6 Å². The van der Waals surface area contributed by atoms with Crippen LogP contribution in [0, 0.1) is 12.7 Å². The molecule has 1 saturated heterocycles. The summed E-state index contributed by atoms with van der Waals surface area (Å²) in [7, 11) is 0. The highest BCUT2D eigenvalue weighted by atomic mass is 19.1. The Hall–Kier alpha value is -5.59. The summed E-state index contributed by atoms with van der Waals surface area (Å²) in [4.78, 5) is 31.8. The molecule has 0 radical (unpaired) electrons. The van der Waals surface area contributed by atoms with Crippen molar-refractivity contribution in [2.75, 3.05) is 24.1 Å². The Kier molecular flexibility index (Phi) is 8.70. The van der Waals surface area contributed by atoms with Crippen molar-refractivity contribution in [3.8, 4) is 34.1 Å². The van der Waals surface area contributed by atoms with Gasteiger partial charge in [0.05, 0.1) is 23.6 Å². The number of carbonyl (C=O) groups is 1. The van der Waals surface area contributed by atoms with Gasteiger partial charge in [-0.15, -0.1) is 0 Å². The fourth-order valence-corrected chi connectivity index (χ4v) is 5.21. The van der Waals surface area contributed by atoms with E-state index in [1.165, 1.54) is 12.1 Å². The fraction of sp³-hybridized carbons (Fsp3) is 0.294. The molecule has 1 aliphatic heterocycles. The molecule has 0 atom stereocenters. The van der Waals surface area contributed by atoms with Crippen LogP contribution in [-0.2, 0) is 4.74 Å². The maximum Gasteiger partial charge on any atom is 0.410 e. The number of ether oxygens (including phenoxy) is 2. The molecule has 4 heterocycles. The number of halogens is 1. The van der Waals surface area contributed by atoms with E-state index in [2.05, 4.69) is 25.4 Å². The van der Waals surface area contributed by atoms with Crippen molar-refractivity contribution in [2.24, 2.45) is 0 Å². The minimum Gasteiger partial charge on any atom is -0.444 e. The molecule has 6 rings (SSSR count). The monoisotopic (exact) mass is 637 g/mol. The van der Waals surface area contributed by atoms with Crippen LogP contribution < -0.4 is 15.8 Å². The van der Waals surface area contributed by atoms with Crippen molar-refractivity contribution in [1.29, 1.82) is 0 Å². The van der Waals surface area contributed by atoms with Gasteiger partial charge in [-0.05, 0) is 76.4 Å². The van der Waals surface area contributed by atoms with Crippen LogP contribution in [0.1, 0.15) is 45.3 Å². The third-order valence-corrected chi connectivity index (χ3v) is 7.54. The summed E-state index contributed by atoms with van der Waals surface area (Å²) in [5.41, 5.74) is 9.98. The van der Waals surface area contributed by atoms with Gasteiger partial charge < -0.3 is 25.4 Å². The molecule has 12 nitrogen and oxygen atoms in total. The molecule has 0 saturated carbocycles. The van der Waals surface area contributed by atoms with Gasteiger partial charge in [0.25, 0.3) is 0 Å². The molecule has 3 aromatic heterocycles. The minimum absolute atomic E-state index is 0.000107. The molecule has 0 bridgehead atoms. The highest BCUT2D eigenvalue weighted by Gasteiger charge is 2.28. The molecule has 47 heavy (non-hydrogen) atoms. The first-order valence-electron chi connectivity index (χ1n) is 15.3. The number of piperidine rings is 1. The maximum absolute atomic E-state index is 15.3. The Labute approximate surface area is 271 Å². The third kappa shape index (κ3) is 7.63. The second kappa shape index (κ2) is 13.0. The number of aromatic nitrogens is 6. The summed E-state index contributed by atoms with van der Waals surface area (Å²) >= 11 is 0. The average molecular weight is 638 g/mol. The van der Waals surface area contributed by atoms with E-state index in [-0.39, 0.29) is 23.9 Å². The van der Waals surface area contributed by atoms with E-state index in [1.807, 2.05) is 43.8 Å². The summed E-state index contributed by atoms with van der Waals surface area (Å²) in [6, 6.07) is 13.8. The van der Waals surface area contributed by atoms with Crippen LogP contribution in [0.4, 0.5) is 26.5 Å². The van der Waals surface area contributed by atoms with Gasteiger partial charge in [-0.2, -0.15) is 5.10 Å². The number of likely N-dealkylation sites (tertiary alicyclic amines) is 1. The lowest BCUT2D eigenvalue weighted by molar-refractivity contribution is 0.0184. The summed E-state index contributed by atoms with van der Waals surface area (Å²) in [5.74, 6) is -0.237. The second-order valence-electron chi connectivity index (χ2n) is 12.3. The van der Waals surface area contributed by atoms with E-state index in [0.29, 0.717) is 52.9 Å². The summed E-state index contributed by atoms with van der Waals surface area (Å²) in [5, 5.41) is 7.81. The summed E-state index contributed by atoms with van der Waals surface area (Å²) in [6.07, 6.45) is 8.04. The number of nitrogens with zero attached hydrogens (tertiary/aromatic N) is 7. The standard InChI is InChI=1S/C34H36FN9O3/c1-21-11-14-37-32(40-21)46-29-10-7-23(17-28(29)35)27-19-38-31(42-30(27)22-5-8-24(36)9-6-22)41-25-18-39-44(20-25)26-12-15-43(16-13-26)33(45)47-34(2,3)4/h5-11,14,17-20,26H,12-13,15-16,36H2,1-4H3,(H,38,41,42). The molecule has 1 amide bonds. The predicted octanol–water partition coefficient (Wildman–Crippen LogP) is 6.93. The van der Waals surface area contributed by atoms with Gasteiger partial charge >= 0.3 is 12.1 Å². The van der Waals surface area contributed by atoms with E-state index >= 15 is 4.39 Å². The molecule has 0 spiro atoms. The number of nitrogen functional groups attached to an aromatic ring is 1. The van der Waals surface area contributed by atoms with E-state index < -0.39 is 11.4 Å². The van der Waals surface area contributed by atoms with Gasteiger partial charge in [0, 0.05) is 54.2 Å². The molecule has 2 aromatic carbocycles. The van der Waals surface area contributed by atoms with Gasteiger partial charge in [0.15, 0.2) is 11.6 Å². The topological polar surface area (TPSA) is 146 Å². The molecule has 242 valence electrons. The average Bonchev–Trinajstić information content (AvgIpc) is 3.50. The van der Waals surface area contributed by atoms with Crippen LogP contribution in [0.3, 0.4) is 0 Å². The smallest absolute Gasteiger partial charge is 0.410 e. The Balaban J connectivity index is 1.20. The predicted molar refractivity (Wildman–Crippen MR) is 176 cm³/mol. The van der Waals surface area contributed by atoms with Crippen LogP contribution in [0.15, 0.2) is 73.3 Å². The lowest BCUT2D eigenvalue weighted by Gasteiger charge is -2.33. The van der Waals surface area contributed by atoms with Gasteiger partial charge in [-0.25, -0.2) is 29.1 Å². The highest BCUT2D eigenvalue weighted by Crippen LogP contribution is 2.35. The minimum atomic E-state index is -0.581. The molecule has 1 aliphatic rings. The second-order valence-corrected chi connectivity index (χ2v) is 12.3. The zero-order valence-corrected chi connectivity index (χ0v) is 26.6. The number of nitrogens with one attached hydrogen (secondary N) is 1. The molecule has 0 aliphatic carbocycles. The van der Waals surface area contributed by atoms with Crippen LogP contribution >= 0.6 is 0 Å². The van der Waals surface area contributed by atoms with E-state index in [4.69, 9.17) is 20.2 Å². The quantitative estimate of drug-likeness (QED) is 0.180. The Morgan fingerprint density at radius 3 is 2.45 bits per heavy atom. The normalized spacial score (nSPS) is 13.8. The van der Waals surface area contributed by atoms with Crippen molar-refractivity contribution in [3.05, 3.63) is 84.8 Å². The molecule has 3 N–H and O–H groups in total. The van der Waals surface area contributed by atoms with Crippen LogP contribution in [-0.4, -0.2) is 59.4 Å². The van der Waals surface area contributed by atoms with Crippen molar-refractivity contribution >= 4 is 23.4 Å². The number of amides is 1. The molecule has 13 heteroatoms.